The van der Waals surface area contributed by atoms with Gasteiger partial charge in [0, 0.05) is 34.0 Å². The molecule has 126 valence electrons. The van der Waals surface area contributed by atoms with Crippen LogP contribution in [0.1, 0.15) is 18.4 Å². The molecule has 0 unspecified atom stereocenters. The molecule has 1 saturated heterocycles. The summed E-state index contributed by atoms with van der Waals surface area (Å²) in [6.07, 6.45) is 5.07. The second kappa shape index (κ2) is 6.78. The van der Waals surface area contributed by atoms with Gasteiger partial charge < -0.3 is 9.84 Å². The lowest BCUT2D eigenvalue weighted by Gasteiger charge is -2.23. The number of rotatable bonds is 3. The first-order valence-corrected chi connectivity index (χ1v) is 9.06. The third-order valence-corrected chi connectivity index (χ3v) is 5.14. The number of pyridine rings is 1. The van der Waals surface area contributed by atoms with E-state index in [1.54, 1.807) is 11.3 Å². The minimum absolute atomic E-state index is 0.0717. The lowest BCUT2D eigenvalue weighted by molar-refractivity contribution is -0.156. The molecule has 2 atom stereocenters. The quantitative estimate of drug-likeness (QED) is 0.724. The predicted octanol–water partition coefficient (Wildman–Crippen LogP) is 4.04. The van der Waals surface area contributed by atoms with E-state index in [0.717, 1.165) is 22.0 Å². The smallest absolute Gasteiger partial charge is 0.309 e. The number of aromatic nitrogens is 1. The summed E-state index contributed by atoms with van der Waals surface area (Å²) in [6, 6.07) is 12.2. The van der Waals surface area contributed by atoms with Gasteiger partial charge in [-0.2, -0.15) is 0 Å². The van der Waals surface area contributed by atoms with E-state index >= 15 is 0 Å². The number of carbonyl (C=O) groups is 1. The molecule has 3 aromatic rings. The lowest BCUT2D eigenvalue weighted by Crippen LogP contribution is -2.31. The fraction of sp³-hybridized carbons (Fsp3) is 0.200. The Morgan fingerprint density at radius 3 is 2.92 bits per heavy atom. The molecule has 4 nitrogen and oxygen atoms in total. The number of para-hydroxylation sites is 1. The van der Waals surface area contributed by atoms with Gasteiger partial charge in [-0.25, -0.2) is 0 Å². The monoisotopic (exact) mass is 351 g/mol. The highest BCUT2D eigenvalue weighted by Crippen LogP contribution is 2.35. The van der Waals surface area contributed by atoms with Gasteiger partial charge in [-0.3, -0.25) is 9.78 Å². The molecule has 0 aliphatic carbocycles. The summed E-state index contributed by atoms with van der Waals surface area (Å²) in [4.78, 5) is 17.2. The number of aliphatic hydroxyl groups excluding tert-OH is 1. The normalized spacial score (nSPS) is 20.9. The van der Waals surface area contributed by atoms with Crippen LogP contribution in [0.15, 0.2) is 54.1 Å². The van der Waals surface area contributed by atoms with Gasteiger partial charge in [0.1, 0.15) is 6.10 Å². The first kappa shape index (κ1) is 16.0. The molecule has 3 heterocycles. The number of cyclic esters (lactones) is 1. The highest BCUT2D eigenvalue weighted by molar-refractivity contribution is 7.13. The molecule has 0 bridgehead atoms. The molecule has 0 saturated carbocycles. The van der Waals surface area contributed by atoms with Crippen molar-refractivity contribution < 1.29 is 14.6 Å². The summed E-state index contributed by atoms with van der Waals surface area (Å²) in [7, 11) is 0. The maximum Gasteiger partial charge on any atom is 0.309 e. The Hall–Kier alpha value is -2.50. The Kier molecular flexibility index (Phi) is 4.34. The molecule has 1 N–H and O–H groups in total. The summed E-state index contributed by atoms with van der Waals surface area (Å²) in [5.74, 6) is -0.358. The molecule has 4 rings (SSSR count). The molecule has 2 aromatic heterocycles. The van der Waals surface area contributed by atoms with E-state index in [1.807, 2.05) is 42.6 Å². The molecule has 1 aliphatic rings. The highest BCUT2D eigenvalue weighted by Gasteiger charge is 2.25. The minimum atomic E-state index is -0.637. The highest BCUT2D eigenvalue weighted by atomic mass is 32.1. The van der Waals surface area contributed by atoms with Crippen molar-refractivity contribution >= 4 is 34.3 Å². The Bertz CT molecular complexity index is 933. The predicted molar refractivity (Wildman–Crippen MR) is 99.2 cm³/mol. The molecule has 1 aromatic carbocycles. The standard InChI is InChI=1S/C20H17NO3S/c22-14-10-15(24-19(23)11-14)8-7-13-12-21-17-5-2-1-4-16(17)20(13)18-6-3-9-25-18/h1-9,12,14-15,22H,10-11H2/t14-,15-/m1/s1. The van der Waals surface area contributed by atoms with E-state index in [9.17, 15) is 9.90 Å². The third-order valence-electron chi connectivity index (χ3n) is 4.25. The van der Waals surface area contributed by atoms with Crippen LogP contribution < -0.4 is 0 Å². The van der Waals surface area contributed by atoms with Crippen LogP contribution in [0.4, 0.5) is 0 Å². The Labute approximate surface area is 149 Å². The summed E-state index contributed by atoms with van der Waals surface area (Å²) in [5, 5.41) is 12.9. The van der Waals surface area contributed by atoms with Crippen LogP contribution in [0, 0.1) is 0 Å². The van der Waals surface area contributed by atoms with Crippen molar-refractivity contribution in [3.63, 3.8) is 0 Å². The molecule has 0 radical (unpaired) electrons. The third kappa shape index (κ3) is 3.34. The molecule has 25 heavy (non-hydrogen) atoms. The Balaban J connectivity index is 1.75. The van der Waals surface area contributed by atoms with Gasteiger partial charge in [0.05, 0.1) is 18.0 Å². The summed E-state index contributed by atoms with van der Waals surface area (Å²) < 4.78 is 5.29. The largest absolute Gasteiger partial charge is 0.458 e. The number of thiophene rings is 1. The van der Waals surface area contributed by atoms with Gasteiger partial charge >= 0.3 is 5.97 Å². The van der Waals surface area contributed by atoms with Crippen molar-refractivity contribution in [2.75, 3.05) is 0 Å². The van der Waals surface area contributed by atoms with Crippen LogP contribution in [0.3, 0.4) is 0 Å². The molecular weight excluding hydrogens is 334 g/mol. The van der Waals surface area contributed by atoms with Crippen LogP contribution in [0.25, 0.3) is 27.4 Å². The second-order valence-corrected chi connectivity index (χ2v) is 7.01. The maximum absolute atomic E-state index is 11.5. The fourth-order valence-electron chi connectivity index (χ4n) is 3.12. The van der Waals surface area contributed by atoms with E-state index in [-0.39, 0.29) is 12.4 Å². The van der Waals surface area contributed by atoms with Gasteiger partial charge in [0.15, 0.2) is 0 Å². The number of hydrogen-bond acceptors (Lipinski definition) is 5. The molecule has 1 aliphatic heterocycles. The Morgan fingerprint density at radius 2 is 2.12 bits per heavy atom. The number of hydrogen-bond donors (Lipinski definition) is 1. The van der Waals surface area contributed by atoms with Gasteiger partial charge in [0.2, 0.25) is 0 Å². The van der Waals surface area contributed by atoms with Crippen molar-refractivity contribution in [1.82, 2.24) is 4.98 Å². The van der Waals surface area contributed by atoms with Crippen LogP contribution in [0.5, 0.6) is 0 Å². The van der Waals surface area contributed by atoms with Crippen LogP contribution >= 0.6 is 11.3 Å². The van der Waals surface area contributed by atoms with Gasteiger partial charge in [-0.05, 0) is 23.6 Å². The summed E-state index contributed by atoms with van der Waals surface area (Å²) >= 11 is 1.68. The van der Waals surface area contributed by atoms with Crippen LogP contribution in [-0.4, -0.2) is 28.3 Å². The van der Waals surface area contributed by atoms with Gasteiger partial charge in [-0.15, -0.1) is 11.3 Å². The van der Waals surface area contributed by atoms with E-state index in [4.69, 9.17) is 4.74 Å². The molecule has 0 amide bonds. The average Bonchev–Trinajstić information content (AvgIpc) is 3.12. The van der Waals surface area contributed by atoms with Crippen molar-refractivity contribution in [2.45, 2.75) is 25.0 Å². The zero-order valence-corrected chi connectivity index (χ0v) is 14.3. The minimum Gasteiger partial charge on any atom is -0.458 e. The van der Waals surface area contributed by atoms with Crippen molar-refractivity contribution in [3.8, 4) is 10.4 Å². The topological polar surface area (TPSA) is 59.4 Å². The van der Waals surface area contributed by atoms with E-state index in [0.29, 0.717) is 6.42 Å². The van der Waals surface area contributed by atoms with Crippen molar-refractivity contribution in [1.29, 1.82) is 0 Å². The number of aliphatic hydroxyl groups is 1. The first-order valence-electron chi connectivity index (χ1n) is 8.18. The van der Waals surface area contributed by atoms with E-state index in [1.165, 1.54) is 4.88 Å². The number of carbonyl (C=O) groups excluding carboxylic acids is 1. The number of nitrogens with zero attached hydrogens (tertiary/aromatic N) is 1. The van der Waals surface area contributed by atoms with Crippen molar-refractivity contribution in [3.05, 3.63) is 59.6 Å². The fourth-order valence-corrected chi connectivity index (χ4v) is 3.92. The molecule has 1 fully saturated rings. The molecule has 5 heteroatoms. The summed E-state index contributed by atoms with van der Waals surface area (Å²) in [5.41, 5.74) is 3.04. The SMILES string of the molecule is O=C1C[C@H](O)C[C@@H](C=Cc2cnc3ccccc3c2-c2cccs2)O1. The van der Waals surface area contributed by atoms with Gasteiger partial charge in [-0.1, -0.05) is 30.3 Å². The van der Waals surface area contributed by atoms with Gasteiger partial charge in [0.25, 0.3) is 0 Å². The number of esters is 1. The Morgan fingerprint density at radius 1 is 1.24 bits per heavy atom. The first-order chi connectivity index (χ1) is 12.2. The average molecular weight is 351 g/mol. The zero-order chi connectivity index (χ0) is 17.2. The zero-order valence-electron chi connectivity index (χ0n) is 13.5. The summed E-state index contributed by atoms with van der Waals surface area (Å²) in [6.45, 7) is 0. The lowest BCUT2D eigenvalue weighted by atomic mass is 10.00. The van der Waals surface area contributed by atoms with Crippen molar-refractivity contribution in [2.24, 2.45) is 0 Å². The number of fused-ring (bicyclic) bond motifs is 1. The maximum atomic E-state index is 11.5. The van der Waals surface area contributed by atoms with E-state index in [2.05, 4.69) is 22.5 Å². The number of benzene rings is 1. The number of ether oxygens (including phenoxy) is 1. The van der Waals surface area contributed by atoms with Crippen LogP contribution in [-0.2, 0) is 9.53 Å². The van der Waals surface area contributed by atoms with E-state index < -0.39 is 12.2 Å². The molecular formula is C20H17NO3S. The van der Waals surface area contributed by atoms with Crippen LogP contribution in [0.2, 0.25) is 0 Å². The second-order valence-electron chi connectivity index (χ2n) is 6.06. The molecule has 0 spiro atoms.